The van der Waals surface area contributed by atoms with Gasteiger partial charge < -0.3 is 9.15 Å². The van der Waals surface area contributed by atoms with E-state index in [1.54, 1.807) is 36.5 Å². The van der Waals surface area contributed by atoms with Gasteiger partial charge in [-0.3, -0.25) is 9.20 Å². The molecular weight excluding hydrogens is 363 g/mol. The number of hydrogen-bond acceptors (Lipinski definition) is 5. The van der Waals surface area contributed by atoms with E-state index in [9.17, 15) is 14.0 Å². The second-order valence-electron chi connectivity index (χ2n) is 6.24. The molecule has 0 radical (unpaired) electrons. The number of esters is 1. The first kappa shape index (κ1) is 17.7. The van der Waals surface area contributed by atoms with Gasteiger partial charge in [0.1, 0.15) is 23.8 Å². The van der Waals surface area contributed by atoms with E-state index in [2.05, 4.69) is 4.98 Å². The van der Waals surface area contributed by atoms with Crippen molar-refractivity contribution < 1.29 is 18.3 Å². The zero-order chi connectivity index (χ0) is 19.7. The van der Waals surface area contributed by atoms with Crippen LogP contribution in [0.2, 0.25) is 0 Å². The summed E-state index contributed by atoms with van der Waals surface area (Å²) in [6.07, 6.45) is 1.64. The summed E-state index contributed by atoms with van der Waals surface area (Å²) in [5.41, 5.74) is 1.73. The molecular formula is C21H15FN2O4. The first-order chi connectivity index (χ1) is 13.5. The second kappa shape index (κ2) is 7.11. The van der Waals surface area contributed by atoms with Gasteiger partial charge in [-0.25, -0.2) is 14.2 Å². The van der Waals surface area contributed by atoms with Crippen LogP contribution in [0, 0.1) is 12.7 Å². The Balaban J connectivity index is 1.51. The van der Waals surface area contributed by atoms with Crippen LogP contribution in [0.3, 0.4) is 0 Å². The SMILES string of the molecule is Cc1ccn2c(=O)cc(COC(=O)c3ccc(-c4ccccc4F)o3)nc2c1. The van der Waals surface area contributed by atoms with Crippen LogP contribution in [-0.2, 0) is 11.3 Å². The van der Waals surface area contributed by atoms with Crippen molar-refractivity contribution in [2.75, 3.05) is 0 Å². The molecule has 4 aromatic rings. The van der Waals surface area contributed by atoms with Crippen molar-refractivity contribution in [3.05, 3.63) is 94.0 Å². The van der Waals surface area contributed by atoms with E-state index >= 15 is 0 Å². The third-order valence-corrected chi connectivity index (χ3v) is 4.17. The van der Waals surface area contributed by atoms with Crippen molar-refractivity contribution in [1.82, 2.24) is 9.38 Å². The third-order valence-electron chi connectivity index (χ3n) is 4.17. The molecule has 0 aliphatic rings. The van der Waals surface area contributed by atoms with E-state index in [1.165, 1.54) is 28.7 Å². The highest BCUT2D eigenvalue weighted by Gasteiger charge is 2.16. The Hall–Kier alpha value is -3.74. The lowest BCUT2D eigenvalue weighted by Gasteiger charge is -2.05. The summed E-state index contributed by atoms with van der Waals surface area (Å²) in [4.78, 5) is 28.7. The Morgan fingerprint density at radius 2 is 2.00 bits per heavy atom. The van der Waals surface area contributed by atoms with Gasteiger partial charge in [-0.2, -0.15) is 0 Å². The smallest absolute Gasteiger partial charge is 0.374 e. The molecule has 4 rings (SSSR count). The largest absolute Gasteiger partial charge is 0.453 e. The van der Waals surface area contributed by atoms with Crippen molar-refractivity contribution >= 4 is 11.6 Å². The summed E-state index contributed by atoms with van der Waals surface area (Å²) < 4.78 is 25.8. The van der Waals surface area contributed by atoms with Crippen molar-refractivity contribution in [3.8, 4) is 11.3 Å². The fourth-order valence-electron chi connectivity index (χ4n) is 2.79. The number of aromatic nitrogens is 2. The number of nitrogens with zero attached hydrogens (tertiary/aromatic N) is 2. The molecule has 140 valence electrons. The molecule has 0 fully saturated rings. The molecule has 0 bridgehead atoms. The first-order valence-electron chi connectivity index (χ1n) is 8.52. The van der Waals surface area contributed by atoms with Gasteiger partial charge in [0.05, 0.1) is 11.3 Å². The number of rotatable bonds is 4. The van der Waals surface area contributed by atoms with Crippen LogP contribution in [0.25, 0.3) is 17.0 Å². The Bertz CT molecular complexity index is 1240. The van der Waals surface area contributed by atoms with Gasteiger partial charge in [0.15, 0.2) is 0 Å². The van der Waals surface area contributed by atoms with Gasteiger partial charge in [-0.1, -0.05) is 12.1 Å². The molecule has 0 aliphatic carbocycles. The second-order valence-corrected chi connectivity index (χ2v) is 6.24. The summed E-state index contributed by atoms with van der Waals surface area (Å²) in [5.74, 6) is -1.02. The van der Waals surface area contributed by atoms with Gasteiger partial charge in [-0.05, 0) is 48.9 Å². The Kier molecular flexibility index (Phi) is 4.49. The summed E-state index contributed by atoms with van der Waals surface area (Å²) in [5, 5.41) is 0. The molecule has 0 unspecified atom stereocenters. The summed E-state index contributed by atoms with van der Waals surface area (Å²) in [7, 11) is 0. The van der Waals surface area contributed by atoms with Crippen LogP contribution in [0.5, 0.6) is 0 Å². The van der Waals surface area contributed by atoms with Crippen LogP contribution < -0.4 is 5.56 Å². The molecule has 0 atom stereocenters. The fourth-order valence-corrected chi connectivity index (χ4v) is 2.79. The van der Waals surface area contributed by atoms with E-state index in [0.29, 0.717) is 11.3 Å². The number of furan rings is 1. The normalized spacial score (nSPS) is 10.9. The van der Waals surface area contributed by atoms with Crippen LogP contribution in [0.15, 0.2) is 70.0 Å². The van der Waals surface area contributed by atoms with Gasteiger partial charge in [0.2, 0.25) is 5.76 Å². The predicted molar refractivity (Wildman–Crippen MR) is 99.4 cm³/mol. The predicted octanol–water partition coefficient (Wildman–Crippen LogP) is 3.76. The van der Waals surface area contributed by atoms with E-state index in [-0.39, 0.29) is 29.3 Å². The number of halogens is 1. The molecule has 0 spiro atoms. The highest BCUT2D eigenvalue weighted by atomic mass is 19.1. The van der Waals surface area contributed by atoms with E-state index in [1.807, 2.05) is 6.92 Å². The van der Waals surface area contributed by atoms with Crippen molar-refractivity contribution in [1.29, 1.82) is 0 Å². The molecule has 0 saturated heterocycles. The summed E-state index contributed by atoms with van der Waals surface area (Å²) >= 11 is 0. The van der Waals surface area contributed by atoms with Crippen molar-refractivity contribution in [2.24, 2.45) is 0 Å². The highest BCUT2D eigenvalue weighted by Crippen LogP contribution is 2.25. The lowest BCUT2D eigenvalue weighted by Crippen LogP contribution is -2.16. The average molecular weight is 378 g/mol. The zero-order valence-electron chi connectivity index (χ0n) is 14.9. The van der Waals surface area contributed by atoms with Gasteiger partial charge in [0, 0.05) is 12.3 Å². The number of ether oxygens (including phenoxy) is 1. The van der Waals surface area contributed by atoms with E-state index in [4.69, 9.17) is 9.15 Å². The summed E-state index contributed by atoms with van der Waals surface area (Å²) in [6, 6.07) is 13.9. The maximum Gasteiger partial charge on any atom is 0.374 e. The molecule has 0 N–H and O–H groups in total. The first-order valence-corrected chi connectivity index (χ1v) is 8.52. The Labute approximate surface area is 158 Å². The molecule has 3 aromatic heterocycles. The summed E-state index contributed by atoms with van der Waals surface area (Å²) in [6.45, 7) is 1.71. The molecule has 0 aliphatic heterocycles. The number of hydrogen-bond donors (Lipinski definition) is 0. The number of fused-ring (bicyclic) bond motifs is 1. The van der Waals surface area contributed by atoms with E-state index < -0.39 is 11.8 Å². The minimum Gasteiger partial charge on any atom is -0.453 e. The highest BCUT2D eigenvalue weighted by molar-refractivity contribution is 5.87. The monoisotopic (exact) mass is 378 g/mol. The molecule has 3 heterocycles. The third kappa shape index (κ3) is 3.42. The number of benzene rings is 1. The number of pyridine rings is 1. The van der Waals surface area contributed by atoms with Crippen LogP contribution >= 0.6 is 0 Å². The maximum absolute atomic E-state index is 13.8. The maximum atomic E-state index is 13.8. The van der Waals surface area contributed by atoms with Crippen LogP contribution in [0.4, 0.5) is 4.39 Å². The molecule has 7 heteroatoms. The average Bonchev–Trinajstić information content (AvgIpc) is 3.16. The van der Waals surface area contributed by atoms with Gasteiger partial charge >= 0.3 is 5.97 Å². The molecule has 28 heavy (non-hydrogen) atoms. The zero-order valence-corrected chi connectivity index (χ0v) is 14.9. The van der Waals surface area contributed by atoms with Crippen LogP contribution in [-0.4, -0.2) is 15.4 Å². The number of carbonyl (C=O) groups is 1. The van der Waals surface area contributed by atoms with E-state index in [0.717, 1.165) is 5.56 Å². The van der Waals surface area contributed by atoms with Gasteiger partial charge in [0.25, 0.3) is 5.56 Å². The Morgan fingerprint density at radius 1 is 1.18 bits per heavy atom. The fraction of sp³-hybridized carbons (Fsp3) is 0.0952. The Morgan fingerprint density at radius 3 is 2.82 bits per heavy atom. The minimum atomic E-state index is -0.728. The minimum absolute atomic E-state index is 0.0633. The molecule has 0 amide bonds. The lowest BCUT2D eigenvalue weighted by molar-refractivity contribution is 0.0432. The quantitative estimate of drug-likeness (QED) is 0.506. The number of carbonyl (C=O) groups excluding carboxylic acids is 1. The number of aryl methyl sites for hydroxylation is 1. The standard InChI is InChI=1S/C21H15FN2O4/c1-13-8-9-24-19(10-13)23-14(11-20(24)25)12-27-21(26)18-7-6-17(28-18)15-4-2-3-5-16(15)22/h2-11H,12H2,1H3. The molecule has 0 saturated carbocycles. The molecule has 1 aromatic carbocycles. The van der Waals surface area contributed by atoms with Gasteiger partial charge in [-0.15, -0.1) is 0 Å². The lowest BCUT2D eigenvalue weighted by atomic mass is 10.1. The molecule has 6 nitrogen and oxygen atoms in total. The van der Waals surface area contributed by atoms with Crippen LogP contribution in [0.1, 0.15) is 21.8 Å². The van der Waals surface area contributed by atoms with Crippen molar-refractivity contribution in [2.45, 2.75) is 13.5 Å². The topological polar surface area (TPSA) is 73.8 Å². The van der Waals surface area contributed by atoms with Crippen molar-refractivity contribution in [3.63, 3.8) is 0 Å².